The van der Waals surface area contributed by atoms with E-state index >= 15 is 0 Å². The van der Waals surface area contributed by atoms with Crippen molar-refractivity contribution in [2.24, 2.45) is 0 Å². The van der Waals surface area contributed by atoms with Crippen LogP contribution >= 0.6 is 0 Å². The van der Waals surface area contributed by atoms with Crippen LogP contribution in [-0.2, 0) is 13.0 Å². The molecule has 1 aliphatic heterocycles. The first-order chi connectivity index (χ1) is 11.2. The molecule has 4 rings (SSSR count). The van der Waals surface area contributed by atoms with Crippen molar-refractivity contribution in [3.63, 3.8) is 0 Å². The van der Waals surface area contributed by atoms with Gasteiger partial charge in [0.1, 0.15) is 5.75 Å². The van der Waals surface area contributed by atoms with Crippen molar-refractivity contribution < 1.29 is 4.74 Å². The van der Waals surface area contributed by atoms with Crippen LogP contribution in [0.15, 0.2) is 36.7 Å². The maximum Gasteiger partial charge on any atom is 0.121 e. The highest BCUT2D eigenvalue weighted by molar-refractivity contribution is 5.82. The Labute approximate surface area is 136 Å². The minimum Gasteiger partial charge on any atom is -0.496 e. The molecule has 1 aromatic heterocycles. The number of methoxy groups -OCH3 is 1. The van der Waals surface area contributed by atoms with Crippen LogP contribution in [0.25, 0.3) is 11.0 Å². The molecule has 0 radical (unpaired) electrons. The van der Waals surface area contributed by atoms with Gasteiger partial charge < -0.3 is 14.6 Å². The molecule has 0 saturated carbocycles. The maximum absolute atomic E-state index is 5.34. The number of aromatic nitrogens is 2. The van der Waals surface area contributed by atoms with Crippen LogP contribution in [0.3, 0.4) is 0 Å². The predicted molar refractivity (Wildman–Crippen MR) is 93.4 cm³/mol. The van der Waals surface area contributed by atoms with Gasteiger partial charge in [-0.3, -0.25) is 0 Å². The summed E-state index contributed by atoms with van der Waals surface area (Å²) in [6.45, 7) is 3.96. The fourth-order valence-electron chi connectivity index (χ4n) is 3.38. The van der Waals surface area contributed by atoms with Gasteiger partial charge in [0.15, 0.2) is 0 Å². The van der Waals surface area contributed by atoms with E-state index in [-0.39, 0.29) is 0 Å². The highest BCUT2D eigenvalue weighted by atomic mass is 16.5. The van der Waals surface area contributed by atoms with Crippen molar-refractivity contribution >= 4 is 16.7 Å². The van der Waals surface area contributed by atoms with Gasteiger partial charge in [-0.1, -0.05) is 12.1 Å². The molecule has 0 unspecified atom stereocenters. The molecule has 4 nitrogen and oxygen atoms in total. The number of fused-ring (bicyclic) bond motifs is 2. The van der Waals surface area contributed by atoms with E-state index in [1.165, 1.54) is 28.8 Å². The number of nitrogens with zero attached hydrogens (tertiary/aromatic N) is 2. The molecule has 2 heterocycles. The molecular formula is C19H21N3O. The van der Waals surface area contributed by atoms with E-state index in [0.717, 1.165) is 36.3 Å². The van der Waals surface area contributed by atoms with Crippen molar-refractivity contribution in [1.29, 1.82) is 0 Å². The molecule has 3 aromatic rings. The predicted octanol–water partition coefficient (Wildman–Crippen LogP) is 3.76. The van der Waals surface area contributed by atoms with Gasteiger partial charge in [0.2, 0.25) is 0 Å². The molecule has 2 aromatic carbocycles. The number of imidazole rings is 1. The molecule has 1 N–H and O–H groups in total. The van der Waals surface area contributed by atoms with E-state index in [1.54, 1.807) is 7.11 Å². The Morgan fingerprint density at radius 2 is 2.17 bits per heavy atom. The van der Waals surface area contributed by atoms with Crippen LogP contribution in [0.1, 0.15) is 23.1 Å². The molecule has 4 heteroatoms. The zero-order valence-corrected chi connectivity index (χ0v) is 13.6. The van der Waals surface area contributed by atoms with Crippen molar-refractivity contribution in [2.45, 2.75) is 26.3 Å². The second kappa shape index (κ2) is 5.61. The lowest BCUT2D eigenvalue weighted by Crippen LogP contribution is -2.11. The van der Waals surface area contributed by atoms with Crippen molar-refractivity contribution in [3.8, 4) is 5.75 Å². The molecule has 0 fully saturated rings. The Morgan fingerprint density at radius 3 is 3.00 bits per heavy atom. The summed E-state index contributed by atoms with van der Waals surface area (Å²) in [6.07, 6.45) is 4.28. The number of nitrogens with one attached hydrogen (secondary N) is 1. The maximum atomic E-state index is 5.34. The number of benzene rings is 2. The SMILES string of the molecule is COc1ccc(Cn2cnc3cc4c(cc32)NCCC4)cc1C. The topological polar surface area (TPSA) is 39.1 Å². The van der Waals surface area contributed by atoms with Crippen LogP contribution in [-0.4, -0.2) is 23.2 Å². The van der Waals surface area contributed by atoms with Gasteiger partial charge in [0.25, 0.3) is 0 Å². The summed E-state index contributed by atoms with van der Waals surface area (Å²) in [5.74, 6) is 0.933. The first-order valence-corrected chi connectivity index (χ1v) is 8.10. The molecule has 0 spiro atoms. The van der Waals surface area contributed by atoms with Gasteiger partial charge in [-0.05, 0) is 54.7 Å². The van der Waals surface area contributed by atoms with Crippen LogP contribution in [0.2, 0.25) is 0 Å². The summed E-state index contributed by atoms with van der Waals surface area (Å²) < 4.78 is 7.56. The Balaban J connectivity index is 1.70. The number of ether oxygens (including phenoxy) is 1. The third kappa shape index (κ3) is 2.54. The van der Waals surface area contributed by atoms with Crippen molar-refractivity contribution in [1.82, 2.24) is 9.55 Å². The van der Waals surface area contributed by atoms with E-state index in [2.05, 4.69) is 46.1 Å². The summed E-state index contributed by atoms with van der Waals surface area (Å²) in [6, 6.07) is 10.8. The van der Waals surface area contributed by atoms with Crippen LogP contribution in [0.5, 0.6) is 5.75 Å². The fourth-order valence-corrected chi connectivity index (χ4v) is 3.38. The monoisotopic (exact) mass is 307 g/mol. The molecule has 0 saturated heterocycles. The number of hydrogen-bond acceptors (Lipinski definition) is 3. The molecule has 0 atom stereocenters. The van der Waals surface area contributed by atoms with Gasteiger partial charge in [-0.15, -0.1) is 0 Å². The molecule has 0 amide bonds. The van der Waals surface area contributed by atoms with E-state index in [0.29, 0.717) is 0 Å². The lowest BCUT2D eigenvalue weighted by Gasteiger charge is -2.18. The van der Waals surface area contributed by atoms with Gasteiger partial charge >= 0.3 is 0 Å². The first kappa shape index (κ1) is 14.1. The normalized spacial score (nSPS) is 13.7. The Morgan fingerprint density at radius 1 is 1.26 bits per heavy atom. The lowest BCUT2D eigenvalue weighted by atomic mass is 10.0. The minimum absolute atomic E-state index is 0.820. The summed E-state index contributed by atoms with van der Waals surface area (Å²) in [5.41, 5.74) is 7.33. The van der Waals surface area contributed by atoms with E-state index < -0.39 is 0 Å². The van der Waals surface area contributed by atoms with E-state index in [1.807, 2.05) is 12.4 Å². The van der Waals surface area contributed by atoms with Gasteiger partial charge in [0.05, 0.1) is 24.5 Å². The van der Waals surface area contributed by atoms with Crippen LogP contribution in [0, 0.1) is 6.92 Å². The van der Waals surface area contributed by atoms with Crippen LogP contribution in [0.4, 0.5) is 5.69 Å². The molecule has 0 bridgehead atoms. The number of aryl methyl sites for hydroxylation is 2. The zero-order chi connectivity index (χ0) is 15.8. The highest BCUT2D eigenvalue weighted by Crippen LogP contribution is 2.28. The van der Waals surface area contributed by atoms with Gasteiger partial charge in [-0.25, -0.2) is 4.98 Å². The van der Waals surface area contributed by atoms with Crippen LogP contribution < -0.4 is 10.1 Å². The third-order valence-corrected chi connectivity index (χ3v) is 4.60. The summed E-state index contributed by atoms with van der Waals surface area (Å²) in [7, 11) is 1.71. The second-order valence-corrected chi connectivity index (χ2v) is 6.20. The largest absolute Gasteiger partial charge is 0.496 e. The van der Waals surface area contributed by atoms with Gasteiger partial charge in [-0.2, -0.15) is 0 Å². The number of rotatable bonds is 3. The Hall–Kier alpha value is -2.49. The molecule has 23 heavy (non-hydrogen) atoms. The quantitative estimate of drug-likeness (QED) is 0.801. The lowest BCUT2D eigenvalue weighted by molar-refractivity contribution is 0.411. The zero-order valence-electron chi connectivity index (χ0n) is 13.6. The molecule has 0 aliphatic carbocycles. The van der Waals surface area contributed by atoms with Crippen molar-refractivity contribution in [2.75, 3.05) is 19.0 Å². The summed E-state index contributed by atoms with van der Waals surface area (Å²) >= 11 is 0. The standard InChI is InChI=1S/C19H21N3O/c1-13-8-14(5-6-19(13)23-2)11-22-12-21-17-9-15-4-3-7-20-16(15)10-18(17)22/h5-6,8-10,12,20H,3-4,7,11H2,1-2H3. The number of hydrogen-bond donors (Lipinski definition) is 1. The molecular weight excluding hydrogens is 286 g/mol. The van der Waals surface area contributed by atoms with E-state index in [4.69, 9.17) is 4.74 Å². The first-order valence-electron chi connectivity index (χ1n) is 8.10. The molecule has 118 valence electrons. The Kier molecular flexibility index (Phi) is 3.45. The fraction of sp³-hybridized carbons (Fsp3) is 0.316. The Bertz CT molecular complexity index is 866. The summed E-state index contributed by atoms with van der Waals surface area (Å²) in [4.78, 5) is 4.59. The molecule has 1 aliphatic rings. The van der Waals surface area contributed by atoms with E-state index in [9.17, 15) is 0 Å². The number of anilines is 1. The highest BCUT2D eigenvalue weighted by Gasteiger charge is 2.13. The third-order valence-electron chi connectivity index (χ3n) is 4.60. The smallest absolute Gasteiger partial charge is 0.121 e. The average molecular weight is 307 g/mol. The minimum atomic E-state index is 0.820. The van der Waals surface area contributed by atoms with Gasteiger partial charge in [0, 0.05) is 18.8 Å². The second-order valence-electron chi connectivity index (χ2n) is 6.20. The average Bonchev–Trinajstić information content (AvgIpc) is 2.95. The summed E-state index contributed by atoms with van der Waals surface area (Å²) in [5, 5.41) is 3.50. The van der Waals surface area contributed by atoms with Crippen molar-refractivity contribution in [3.05, 3.63) is 53.3 Å².